The van der Waals surface area contributed by atoms with Gasteiger partial charge < -0.3 is 18.3 Å². The van der Waals surface area contributed by atoms with Crippen LogP contribution < -0.4 is 0 Å². The molecule has 0 saturated carbocycles. The van der Waals surface area contributed by atoms with Crippen LogP contribution in [0.4, 0.5) is 0 Å². The molecule has 2 unspecified atom stereocenters. The van der Waals surface area contributed by atoms with E-state index in [1.54, 1.807) is 0 Å². The summed E-state index contributed by atoms with van der Waals surface area (Å²) in [5.41, 5.74) is 0. The molecule has 1 heterocycles. The molecule has 1 saturated heterocycles. The molecule has 2 atom stereocenters. The molecule has 0 aromatic carbocycles. The van der Waals surface area contributed by atoms with E-state index >= 15 is 0 Å². The number of unbranched alkanes of at least 4 members (excludes halogenated alkanes) is 1. The second-order valence-corrected chi connectivity index (χ2v) is 10.4. The Bertz CT molecular complexity index is 309. The van der Waals surface area contributed by atoms with Gasteiger partial charge in [-0.25, -0.2) is 0 Å². The summed E-state index contributed by atoms with van der Waals surface area (Å²) >= 11 is 0. The van der Waals surface area contributed by atoms with Crippen LogP contribution in [-0.4, -0.2) is 48.3 Å². The van der Waals surface area contributed by atoms with Crippen molar-refractivity contribution in [1.29, 1.82) is 0 Å². The highest BCUT2D eigenvalue weighted by Gasteiger charge is 2.62. The summed E-state index contributed by atoms with van der Waals surface area (Å²) in [7, 11) is 3.17. The van der Waals surface area contributed by atoms with E-state index in [9.17, 15) is 0 Å². The molecular formula is C18H38O4Si. The highest BCUT2D eigenvalue weighted by atomic mass is 28.4. The zero-order valence-electron chi connectivity index (χ0n) is 16.0. The van der Waals surface area contributed by atoms with Crippen molar-refractivity contribution in [3.8, 4) is 0 Å². The molecule has 4 nitrogen and oxygen atoms in total. The number of methoxy groups -OCH3 is 1. The summed E-state index contributed by atoms with van der Waals surface area (Å²) in [6.45, 7) is 6.14. The standard InChI is InChI=1S/C18H38O4Si/c1-6-13-18(19-3)17(11-8-9-15-22-14-7-2)12-10-16-23(18,20-4)21-5/h17H,6-16H2,1-5H3. The van der Waals surface area contributed by atoms with Crippen molar-refractivity contribution < 1.29 is 18.3 Å². The van der Waals surface area contributed by atoms with E-state index in [2.05, 4.69) is 13.8 Å². The van der Waals surface area contributed by atoms with Crippen molar-refractivity contribution in [2.24, 2.45) is 5.92 Å². The van der Waals surface area contributed by atoms with Gasteiger partial charge >= 0.3 is 8.56 Å². The number of hydrogen-bond donors (Lipinski definition) is 0. The van der Waals surface area contributed by atoms with Gasteiger partial charge in [0.25, 0.3) is 0 Å². The van der Waals surface area contributed by atoms with Crippen LogP contribution in [0.1, 0.15) is 65.2 Å². The van der Waals surface area contributed by atoms with Crippen molar-refractivity contribution in [3.05, 3.63) is 0 Å². The molecule has 5 heteroatoms. The molecule has 138 valence electrons. The van der Waals surface area contributed by atoms with E-state index in [1.165, 1.54) is 25.7 Å². The third kappa shape index (κ3) is 4.79. The molecule has 1 fully saturated rings. The lowest BCUT2D eigenvalue weighted by molar-refractivity contribution is -0.0570. The third-order valence-corrected chi connectivity index (χ3v) is 9.93. The summed E-state index contributed by atoms with van der Waals surface area (Å²) < 4.78 is 23.9. The fraction of sp³-hybridized carbons (Fsp3) is 1.00. The number of hydrogen-bond acceptors (Lipinski definition) is 4. The van der Waals surface area contributed by atoms with Crippen LogP contribution in [0.25, 0.3) is 0 Å². The molecule has 0 N–H and O–H groups in total. The van der Waals surface area contributed by atoms with Gasteiger partial charge in [0.15, 0.2) is 0 Å². The van der Waals surface area contributed by atoms with Gasteiger partial charge in [-0.3, -0.25) is 0 Å². The van der Waals surface area contributed by atoms with Crippen LogP contribution in [0.15, 0.2) is 0 Å². The van der Waals surface area contributed by atoms with Gasteiger partial charge in [0, 0.05) is 34.5 Å². The van der Waals surface area contributed by atoms with Crippen LogP contribution in [0.5, 0.6) is 0 Å². The Hall–Kier alpha value is 0.0569. The normalized spacial score (nSPS) is 27.3. The summed E-state index contributed by atoms with van der Waals surface area (Å²) in [4.78, 5) is 0. The van der Waals surface area contributed by atoms with E-state index in [1.807, 2.05) is 21.3 Å². The second-order valence-electron chi connectivity index (χ2n) is 6.70. The van der Waals surface area contributed by atoms with Crippen LogP contribution >= 0.6 is 0 Å². The summed E-state index contributed by atoms with van der Waals surface area (Å²) in [5, 5.41) is -0.201. The average molecular weight is 347 g/mol. The highest BCUT2D eigenvalue weighted by molar-refractivity contribution is 6.70. The van der Waals surface area contributed by atoms with E-state index in [-0.39, 0.29) is 5.22 Å². The minimum atomic E-state index is -2.33. The molecule has 0 bridgehead atoms. The van der Waals surface area contributed by atoms with Crippen molar-refractivity contribution >= 4 is 8.56 Å². The van der Waals surface area contributed by atoms with Gasteiger partial charge in [-0.15, -0.1) is 0 Å². The first-order valence-electron chi connectivity index (χ1n) is 9.39. The van der Waals surface area contributed by atoms with Crippen molar-refractivity contribution in [1.82, 2.24) is 0 Å². The SMILES string of the molecule is CCCOCCCCC1CCC[Si](OC)(OC)C1(CCC)OC. The monoisotopic (exact) mass is 346 g/mol. The van der Waals surface area contributed by atoms with Gasteiger partial charge in [0.05, 0.1) is 0 Å². The molecule has 0 amide bonds. The quantitative estimate of drug-likeness (QED) is 0.386. The Morgan fingerprint density at radius 1 is 1.00 bits per heavy atom. The molecule has 1 aliphatic heterocycles. The maximum Gasteiger partial charge on any atom is 0.371 e. The molecular weight excluding hydrogens is 308 g/mol. The van der Waals surface area contributed by atoms with E-state index < -0.39 is 8.56 Å². The molecule has 1 aliphatic rings. The minimum absolute atomic E-state index is 0.201. The third-order valence-electron chi connectivity index (χ3n) is 5.45. The van der Waals surface area contributed by atoms with Gasteiger partial charge in [-0.1, -0.05) is 33.1 Å². The predicted molar refractivity (Wildman–Crippen MR) is 96.9 cm³/mol. The van der Waals surface area contributed by atoms with E-state index in [0.717, 1.165) is 44.9 Å². The fourth-order valence-corrected chi connectivity index (χ4v) is 8.59. The first-order chi connectivity index (χ1) is 11.2. The summed E-state index contributed by atoms with van der Waals surface area (Å²) in [6.07, 6.45) is 9.18. The minimum Gasteiger partial charge on any atom is -0.396 e. The average Bonchev–Trinajstić information content (AvgIpc) is 2.59. The maximum absolute atomic E-state index is 6.21. The van der Waals surface area contributed by atoms with Gasteiger partial charge in [0.2, 0.25) is 0 Å². The zero-order chi connectivity index (χ0) is 17.2. The van der Waals surface area contributed by atoms with Gasteiger partial charge in [-0.05, 0) is 44.1 Å². The Kier molecular flexibility index (Phi) is 9.93. The molecule has 0 aromatic rings. The largest absolute Gasteiger partial charge is 0.396 e. The van der Waals surface area contributed by atoms with Crippen LogP contribution in [0.3, 0.4) is 0 Å². The molecule has 0 radical (unpaired) electrons. The second kappa shape index (κ2) is 10.8. The Morgan fingerprint density at radius 3 is 2.30 bits per heavy atom. The van der Waals surface area contributed by atoms with Crippen LogP contribution in [0, 0.1) is 5.92 Å². The number of rotatable bonds is 12. The Balaban J connectivity index is 2.74. The predicted octanol–water partition coefficient (Wildman–Crippen LogP) is 4.45. The van der Waals surface area contributed by atoms with E-state index in [0.29, 0.717) is 5.92 Å². The lowest BCUT2D eigenvalue weighted by Crippen LogP contribution is -2.68. The molecule has 0 aromatic heterocycles. The zero-order valence-corrected chi connectivity index (χ0v) is 17.0. The summed E-state index contributed by atoms with van der Waals surface area (Å²) in [6, 6.07) is 1.05. The molecule has 0 spiro atoms. The first-order valence-corrected chi connectivity index (χ1v) is 11.4. The maximum atomic E-state index is 6.21. The van der Waals surface area contributed by atoms with Crippen molar-refractivity contribution in [2.75, 3.05) is 34.5 Å². The topological polar surface area (TPSA) is 36.9 Å². The highest BCUT2D eigenvalue weighted by Crippen LogP contribution is 2.48. The van der Waals surface area contributed by atoms with Gasteiger partial charge in [0.1, 0.15) is 5.22 Å². The molecule has 23 heavy (non-hydrogen) atoms. The Labute approximate surface area is 144 Å². The van der Waals surface area contributed by atoms with Crippen LogP contribution in [-0.2, 0) is 18.3 Å². The lowest BCUT2D eigenvalue weighted by Gasteiger charge is -2.52. The lowest BCUT2D eigenvalue weighted by atomic mass is 9.87. The van der Waals surface area contributed by atoms with Crippen molar-refractivity contribution in [3.63, 3.8) is 0 Å². The summed E-state index contributed by atoms with van der Waals surface area (Å²) in [5.74, 6) is 0.541. The molecule has 1 rings (SSSR count). The first kappa shape index (κ1) is 21.1. The van der Waals surface area contributed by atoms with Crippen LogP contribution in [0.2, 0.25) is 6.04 Å². The van der Waals surface area contributed by atoms with Crippen molar-refractivity contribution in [2.45, 2.75) is 76.5 Å². The van der Waals surface area contributed by atoms with Gasteiger partial charge in [-0.2, -0.15) is 0 Å². The molecule has 0 aliphatic carbocycles. The van der Waals surface area contributed by atoms with E-state index in [4.69, 9.17) is 18.3 Å². The Morgan fingerprint density at radius 2 is 1.74 bits per heavy atom. The smallest absolute Gasteiger partial charge is 0.371 e. The fourth-order valence-electron chi connectivity index (χ4n) is 4.38. The number of ether oxygens (including phenoxy) is 2.